The Balaban J connectivity index is 1.31. The Morgan fingerprint density at radius 1 is 0.895 bits per heavy atom. The van der Waals surface area contributed by atoms with Crippen molar-refractivity contribution >= 4 is 33.2 Å². The van der Waals surface area contributed by atoms with Gasteiger partial charge in [0, 0.05) is 50.6 Å². The SMILES string of the molecule is Cc1cccc(N2CCN(C(=O)CN3C(=O)C(C)(C)c4cc(S(=O)(=O)N5CCCCC5)ccc43)CC2)c1C. The van der Waals surface area contributed by atoms with Gasteiger partial charge >= 0.3 is 0 Å². The highest BCUT2D eigenvalue weighted by Gasteiger charge is 2.45. The Labute approximate surface area is 226 Å². The molecule has 204 valence electrons. The Bertz CT molecular complexity index is 1360. The fourth-order valence-corrected chi connectivity index (χ4v) is 7.44. The van der Waals surface area contributed by atoms with Gasteiger partial charge in [-0.05, 0) is 81.5 Å². The van der Waals surface area contributed by atoms with Gasteiger partial charge in [0.15, 0.2) is 0 Å². The van der Waals surface area contributed by atoms with Crippen LogP contribution in [0.3, 0.4) is 0 Å². The van der Waals surface area contributed by atoms with Gasteiger partial charge in [0.1, 0.15) is 6.54 Å². The normalized spacial score (nSPS) is 20.1. The van der Waals surface area contributed by atoms with Gasteiger partial charge in [0.05, 0.1) is 10.3 Å². The van der Waals surface area contributed by atoms with Crippen LogP contribution in [-0.4, -0.2) is 75.3 Å². The number of piperidine rings is 1. The van der Waals surface area contributed by atoms with E-state index in [4.69, 9.17) is 0 Å². The monoisotopic (exact) mass is 538 g/mol. The van der Waals surface area contributed by atoms with Crippen LogP contribution in [0.2, 0.25) is 0 Å². The summed E-state index contributed by atoms with van der Waals surface area (Å²) in [5, 5.41) is 0. The van der Waals surface area contributed by atoms with Crippen molar-refractivity contribution in [2.45, 2.75) is 57.3 Å². The quantitative estimate of drug-likeness (QED) is 0.583. The van der Waals surface area contributed by atoms with E-state index >= 15 is 0 Å². The highest BCUT2D eigenvalue weighted by Crippen LogP contribution is 2.43. The van der Waals surface area contributed by atoms with Crippen molar-refractivity contribution in [1.29, 1.82) is 0 Å². The molecule has 2 fully saturated rings. The number of carbonyl (C=O) groups is 2. The Kier molecular flexibility index (Phi) is 7.02. The Morgan fingerprint density at radius 2 is 1.58 bits per heavy atom. The van der Waals surface area contributed by atoms with Gasteiger partial charge in [-0.15, -0.1) is 0 Å². The number of hydrogen-bond acceptors (Lipinski definition) is 5. The molecule has 8 nitrogen and oxygen atoms in total. The molecule has 2 aromatic carbocycles. The smallest absolute Gasteiger partial charge is 0.243 e. The van der Waals surface area contributed by atoms with Crippen LogP contribution in [0.15, 0.2) is 41.3 Å². The van der Waals surface area contributed by atoms with E-state index in [1.54, 1.807) is 36.4 Å². The number of benzene rings is 2. The van der Waals surface area contributed by atoms with Crippen LogP contribution < -0.4 is 9.80 Å². The number of anilines is 2. The molecule has 2 saturated heterocycles. The molecule has 3 aliphatic heterocycles. The van der Waals surface area contributed by atoms with E-state index in [1.807, 2.05) is 4.90 Å². The van der Waals surface area contributed by atoms with Crippen molar-refractivity contribution in [3.8, 4) is 0 Å². The number of aryl methyl sites for hydroxylation is 1. The van der Waals surface area contributed by atoms with Crippen LogP contribution in [0, 0.1) is 13.8 Å². The Hall–Kier alpha value is -2.91. The zero-order chi connectivity index (χ0) is 27.2. The first kappa shape index (κ1) is 26.7. The Morgan fingerprint density at radius 3 is 2.26 bits per heavy atom. The average molecular weight is 539 g/mol. The van der Waals surface area contributed by atoms with Crippen LogP contribution in [0.25, 0.3) is 0 Å². The molecular weight excluding hydrogens is 500 g/mol. The highest BCUT2D eigenvalue weighted by molar-refractivity contribution is 7.89. The third-order valence-electron chi connectivity index (χ3n) is 8.51. The summed E-state index contributed by atoms with van der Waals surface area (Å²) in [6, 6.07) is 11.2. The minimum atomic E-state index is -3.62. The lowest BCUT2D eigenvalue weighted by molar-refractivity contribution is -0.132. The number of sulfonamides is 1. The number of nitrogens with zero attached hydrogens (tertiary/aromatic N) is 4. The molecule has 2 amide bonds. The third-order valence-corrected chi connectivity index (χ3v) is 10.4. The molecule has 3 aliphatic rings. The van der Waals surface area contributed by atoms with Crippen LogP contribution in [0.5, 0.6) is 0 Å². The fourth-order valence-electron chi connectivity index (χ4n) is 5.90. The first-order valence-electron chi connectivity index (χ1n) is 13.6. The second-order valence-electron chi connectivity index (χ2n) is 11.2. The van der Waals surface area contributed by atoms with Crippen LogP contribution in [0.4, 0.5) is 11.4 Å². The molecule has 0 aliphatic carbocycles. The highest BCUT2D eigenvalue weighted by atomic mass is 32.2. The molecule has 0 bridgehead atoms. The van der Waals surface area contributed by atoms with Crippen molar-refractivity contribution in [3.05, 3.63) is 53.1 Å². The zero-order valence-electron chi connectivity index (χ0n) is 22.9. The minimum Gasteiger partial charge on any atom is -0.368 e. The summed E-state index contributed by atoms with van der Waals surface area (Å²) < 4.78 is 28.1. The molecule has 0 atom stereocenters. The average Bonchev–Trinajstić information content (AvgIpc) is 3.11. The molecule has 0 N–H and O–H groups in total. The van der Waals surface area contributed by atoms with Crippen molar-refractivity contribution in [2.75, 3.05) is 55.6 Å². The van der Waals surface area contributed by atoms with Crippen LogP contribution in [0.1, 0.15) is 49.8 Å². The van der Waals surface area contributed by atoms with E-state index < -0.39 is 15.4 Å². The first-order valence-corrected chi connectivity index (χ1v) is 15.0. The van der Waals surface area contributed by atoms with Crippen LogP contribution in [-0.2, 0) is 25.0 Å². The largest absolute Gasteiger partial charge is 0.368 e. The molecular formula is C29H38N4O4S. The molecule has 3 heterocycles. The number of rotatable bonds is 5. The van der Waals surface area contributed by atoms with E-state index in [-0.39, 0.29) is 23.3 Å². The van der Waals surface area contributed by atoms with Crippen molar-refractivity contribution < 1.29 is 18.0 Å². The summed E-state index contributed by atoms with van der Waals surface area (Å²) in [5.74, 6) is -0.268. The van der Waals surface area contributed by atoms with Gasteiger partial charge in [-0.25, -0.2) is 8.42 Å². The van der Waals surface area contributed by atoms with Gasteiger partial charge in [0.25, 0.3) is 0 Å². The number of amides is 2. The molecule has 0 saturated carbocycles. The van der Waals surface area contributed by atoms with E-state index in [1.165, 1.54) is 21.7 Å². The fraction of sp³-hybridized carbons (Fsp3) is 0.517. The lowest BCUT2D eigenvalue weighted by atomic mass is 9.86. The molecule has 9 heteroatoms. The van der Waals surface area contributed by atoms with E-state index in [9.17, 15) is 18.0 Å². The van der Waals surface area contributed by atoms with Crippen molar-refractivity contribution in [3.63, 3.8) is 0 Å². The van der Waals surface area contributed by atoms with Crippen molar-refractivity contribution in [1.82, 2.24) is 9.21 Å². The number of fused-ring (bicyclic) bond motifs is 1. The molecule has 0 radical (unpaired) electrons. The lowest BCUT2D eigenvalue weighted by Gasteiger charge is -2.37. The second kappa shape index (κ2) is 10.0. The van der Waals surface area contributed by atoms with Gasteiger partial charge in [-0.1, -0.05) is 18.6 Å². The summed E-state index contributed by atoms with van der Waals surface area (Å²) >= 11 is 0. The third kappa shape index (κ3) is 4.60. The summed E-state index contributed by atoms with van der Waals surface area (Å²) in [6.07, 6.45) is 2.77. The summed E-state index contributed by atoms with van der Waals surface area (Å²) in [4.78, 5) is 32.7. The molecule has 0 unspecified atom stereocenters. The van der Waals surface area contributed by atoms with Gasteiger partial charge in [0.2, 0.25) is 21.8 Å². The first-order chi connectivity index (χ1) is 18.0. The number of piperazine rings is 1. The molecule has 5 rings (SSSR count). The van der Waals surface area contributed by atoms with Crippen LogP contribution >= 0.6 is 0 Å². The summed E-state index contributed by atoms with van der Waals surface area (Å²) in [5.41, 5.74) is 4.09. The topological polar surface area (TPSA) is 81.2 Å². The molecule has 38 heavy (non-hydrogen) atoms. The molecule has 0 aromatic heterocycles. The predicted octanol–water partition coefficient (Wildman–Crippen LogP) is 3.45. The van der Waals surface area contributed by atoms with E-state index in [0.717, 1.165) is 32.4 Å². The molecule has 2 aromatic rings. The molecule has 0 spiro atoms. The predicted molar refractivity (Wildman–Crippen MR) is 149 cm³/mol. The standard InChI is InChI=1S/C29H38N4O4S/c1-21-9-8-10-25(22(21)2)30-15-17-31(18-16-30)27(34)20-33-26-12-11-23(19-24(26)29(3,4)28(33)35)38(36,37)32-13-6-5-7-14-32/h8-12,19H,5-7,13-18,20H2,1-4H3. The minimum absolute atomic E-state index is 0.0447. The van der Waals surface area contributed by atoms with E-state index in [0.29, 0.717) is 37.4 Å². The summed E-state index contributed by atoms with van der Waals surface area (Å²) in [6.45, 7) is 11.5. The summed E-state index contributed by atoms with van der Waals surface area (Å²) in [7, 11) is -3.62. The zero-order valence-corrected chi connectivity index (χ0v) is 23.7. The van der Waals surface area contributed by atoms with E-state index in [2.05, 4.69) is 36.9 Å². The van der Waals surface area contributed by atoms with Gasteiger partial charge in [-0.3, -0.25) is 9.59 Å². The van der Waals surface area contributed by atoms with Gasteiger partial charge in [-0.2, -0.15) is 4.31 Å². The maximum atomic E-state index is 13.5. The van der Waals surface area contributed by atoms with Gasteiger partial charge < -0.3 is 14.7 Å². The maximum Gasteiger partial charge on any atom is 0.243 e. The number of hydrogen-bond donors (Lipinski definition) is 0. The maximum absolute atomic E-state index is 13.5. The van der Waals surface area contributed by atoms with Crippen molar-refractivity contribution in [2.24, 2.45) is 0 Å². The lowest BCUT2D eigenvalue weighted by Crippen LogP contribution is -2.52. The second-order valence-corrected chi connectivity index (χ2v) is 13.2. The number of carbonyl (C=O) groups excluding carboxylic acids is 2.